The Balaban J connectivity index is 5.10. The van der Waals surface area contributed by atoms with Crippen LogP contribution in [-0.4, -0.2) is 11.9 Å². The minimum atomic E-state index is 0.668. The number of aliphatic imine (C=N–C) groups is 2. The standard InChI is InChI=1S/C14H19ClN2/c1-6-11(4)14(16-8-3)17-12(5)9-10-13(15)7-2/h6-10H,1H2,2-5H3/b10-9-,13-7+,14-11+,16-8-,17-12+. The summed E-state index contributed by atoms with van der Waals surface area (Å²) in [4.78, 5) is 8.59. The molecule has 0 saturated carbocycles. The fourth-order valence-corrected chi connectivity index (χ4v) is 0.996. The minimum Gasteiger partial charge on any atom is -0.242 e. The van der Waals surface area contributed by atoms with Gasteiger partial charge >= 0.3 is 0 Å². The molecular weight excluding hydrogens is 232 g/mol. The summed E-state index contributed by atoms with van der Waals surface area (Å²) in [5, 5.41) is 0.685. The van der Waals surface area contributed by atoms with Gasteiger partial charge in [0.05, 0.1) is 0 Å². The van der Waals surface area contributed by atoms with Crippen molar-refractivity contribution in [2.24, 2.45) is 9.98 Å². The zero-order chi connectivity index (χ0) is 13.3. The lowest BCUT2D eigenvalue weighted by Crippen LogP contribution is -1.88. The summed E-state index contributed by atoms with van der Waals surface area (Å²) in [6, 6.07) is 0. The summed E-state index contributed by atoms with van der Waals surface area (Å²) in [5.74, 6) is 0.668. The maximum atomic E-state index is 5.86. The van der Waals surface area contributed by atoms with Gasteiger partial charge in [-0.1, -0.05) is 30.3 Å². The third-order valence-corrected chi connectivity index (χ3v) is 2.30. The summed E-state index contributed by atoms with van der Waals surface area (Å²) in [7, 11) is 0. The van der Waals surface area contributed by atoms with E-state index in [0.717, 1.165) is 11.3 Å². The molecule has 0 aromatic heterocycles. The van der Waals surface area contributed by atoms with Crippen LogP contribution in [0.1, 0.15) is 27.7 Å². The molecule has 92 valence electrons. The number of allylic oxidation sites excluding steroid dienone is 6. The molecule has 17 heavy (non-hydrogen) atoms. The number of halogens is 1. The number of nitrogens with zero attached hydrogens (tertiary/aromatic N) is 2. The monoisotopic (exact) mass is 250 g/mol. The zero-order valence-electron chi connectivity index (χ0n) is 10.9. The summed E-state index contributed by atoms with van der Waals surface area (Å²) >= 11 is 5.86. The predicted molar refractivity (Wildman–Crippen MR) is 78.9 cm³/mol. The van der Waals surface area contributed by atoms with Crippen LogP contribution in [0.3, 0.4) is 0 Å². The van der Waals surface area contributed by atoms with E-state index in [1.54, 1.807) is 18.4 Å². The van der Waals surface area contributed by atoms with Crippen LogP contribution in [0.2, 0.25) is 0 Å². The van der Waals surface area contributed by atoms with Crippen LogP contribution < -0.4 is 0 Å². The number of hydrogen-bond acceptors (Lipinski definition) is 2. The predicted octanol–water partition coefficient (Wildman–Crippen LogP) is 4.65. The van der Waals surface area contributed by atoms with Crippen LogP contribution in [-0.2, 0) is 0 Å². The molecule has 0 radical (unpaired) electrons. The molecule has 0 aromatic rings. The molecule has 0 aromatic carbocycles. The van der Waals surface area contributed by atoms with E-state index in [4.69, 9.17) is 11.6 Å². The van der Waals surface area contributed by atoms with Crippen LogP contribution >= 0.6 is 11.6 Å². The Morgan fingerprint density at radius 2 is 1.82 bits per heavy atom. The lowest BCUT2D eigenvalue weighted by molar-refractivity contribution is 1.18. The van der Waals surface area contributed by atoms with E-state index in [1.807, 2.05) is 39.8 Å². The maximum Gasteiger partial charge on any atom is 0.154 e. The molecule has 0 aliphatic heterocycles. The van der Waals surface area contributed by atoms with Gasteiger partial charge < -0.3 is 0 Å². The molecule has 0 heterocycles. The Kier molecular flexibility index (Phi) is 7.99. The Hall–Kier alpha value is -1.41. The lowest BCUT2D eigenvalue weighted by Gasteiger charge is -1.99. The van der Waals surface area contributed by atoms with E-state index in [-0.39, 0.29) is 0 Å². The SMILES string of the molecule is C=C/C(C)=C(\N=C/C)/N=C(C)/C=C\C(Cl)=C/C. The van der Waals surface area contributed by atoms with Crippen molar-refractivity contribution >= 4 is 23.5 Å². The smallest absolute Gasteiger partial charge is 0.154 e. The maximum absolute atomic E-state index is 5.86. The van der Waals surface area contributed by atoms with Crippen molar-refractivity contribution in [3.05, 3.63) is 47.3 Å². The molecule has 0 bridgehead atoms. The fourth-order valence-electron chi connectivity index (χ4n) is 0.933. The first-order chi connectivity index (χ1) is 8.04. The summed E-state index contributed by atoms with van der Waals surface area (Å²) < 4.78 is 0. The van der Waals surface area contributed by atoms with E-state index in [0.29, 0.717) is 10.9 Å². The van der Waals surface area contributed by atoms with Crippen molar-refractivity contribution in [2.45, 2.75) is 27.7 Å². The summed E-state index contributed by atoms with van der Waals surface area (Å²) in [6.45, 7) is 11.3. The molecule has 0 N–H and O–H groups in total. The first kappa shape index (κ1) is 15.6. The van der Waals surface area contributed by atoms with Crippen LogP contribution in [0.15, 0.2) is 57.3 Å². The van der Waals surface area contributed by atoms with Gasteiger partial charge in [-0.3, -0.25) is 0 Å². The Bertz CT molecular complexity index is 410. The average molecular weight is 251 g/mol. The van der Waals surface area contributed by atoms with E-state index < -0.39 is 0 Å². The molecule has 0 fully saturated rings. The third-order valence-electron chi connectivity index (χ3n) is 1.95. The highest BCUT2D eigenvalue weighted by Crippen LogP contribution is 2.09. The third kappa shape index (κ3) is 6.69. The molecule has 0 spiro atoms. The van der Waals surface area contributed by atoms with Gasteiger partial charge in [-0.05, 0) is 45.4 Å². The van der Waals surface area contributed by atoms with Crippen molar-refractivity contribution in [1.29, 1.82) is 0 Å². The van der Waals surface area contributed by atoms with Gasteiger partial charge in [0.1, 0.15) is 0 Å². The average Bonchev–Trinajstić information content (AvgIpc) is 2.34. The van der Waals surface area contributed by atoms with E-state index in [2.05, 4.69) is 16.6 Å². The second-order valence-corrected chi connectivity index (χ2v) is 3.79. The first-order valence-corrected chi connectivity index (χ1v) is 5.80. The Morgan fingerprint density at radius 1 is 1.18 bits per heavy atom. The fraction of sp³-hybridized carbons (Fsp3) is 0.286. The van der Waals surface area contributed by atoms with Crippen LogP contribution in [0.4, 0.5) is 0 Å². The molecule has 0 atom stereocenters. The summed E-state index contributed by atoms with van der Waals surface area (Å²) in [5.41, 5.74) is 1.78. The second kappa shape index (κ2) is 8.71. The van der Waals surface area contributed by atoms with Crippen molar-refractivity contribution in [3.63, 3.8) is 0 Å². The lowest BCUT2D eigenvalue weighted by atomic mass is 10.3. The Morgan fingerprint density at radius 3 is 2.29 bits per heavy atom. The molecule has 3 heteroatoms. The van der Waals surface area contributed by atoms with E-state index in [1.165, 1.54) is 0 Å². The molecule has 0 rings (SSSR count). The molecule has 0 aliphatic carbocycles. The summed E-state index contributed by atoms with van der Waals surface area (Å²) in [6.07, 6.45) is 8.92. The van der Waals surface area contributed by atoms with Gasteiger partial charge in [0.2, 0.25) is 0 Å². The van der Waals surface area contributed by atoms with Gasteiger partial charge in [0, 0.05) is 17.0 Å². The van der Waals surface area contributed by atoms with Crippen molar-refractivity contribution in [1.82, 2.24) is 0 Å². The van der Waals surface area contributed by atoms with E-state index >= 15 is 0 Å². The second-order valence-electron chi connectivity index (χ2n) is 3.36. The molecule has 0 amide bonds. The highest BCUT2D eigenvalue weighted by Gasteiger charge is 1.95. The van der Waals surface area contributed by atoms with Crippen molar-refractivity contribution in [3.8, 4) is 0 Å². The van der Waals surface area contributed by atoms with Crippen LogP contribution in [0.5, 0.6) is 0 Å². The normalized spacial score (nSPS) is 15.6. The van der Waals surface area contributed by atoms with Crippen LogP contribution in [0, 0.1) is 0 Å². The van der Waals surface area contributed by atoms with Gasteiger partial charge in [-0.2, -0.15) is 0 Å². The molecule has 0 saturated heterocycles. The minimum absolute atomic E-state index is 0.668. The highest BCUT2D eigenvalue weighted by atomic mass is 35.5. The zero-order valence-corrected chi connectivity index (χ0v) is 11.6. The Labute approximate surface area is 109 Å². The van der Waals surface area contributed by atoms with Crippen molar-refractivity contribution < 1.29 is 0 Å². The largest absolute Gasteiger partial charge is 0.242 e. The van der Waals surface area contributed by atoms with Crippen LogP contribution in [0.25, 0.3) is 0 Å². The van der Waals surface area contributed by atoms with Gasteiger partial charge in [0.15, 0.2) is 5.82 Å². The van der Waals surface area contributed by atoms with Gasteiger partial charge in [0.25, 0.3) is 0 Å². The van der Waals surface area contributed by atoms with E-state index in [9.17, 15) is 0 Å². The van der Waals surface area contributed by atoms with Gasteiger partial charge in [-0.15, -0.1) is 0 Å². The van der Waals surface area contributed by atoms with Crippen molar-refractivity contribution in [2.75, 3.05) is 0 Å². The molecule has 0 unspecified atom stereocenters. The quantitative estimate of drug-likeness (QED) is 0.501. The van der Waals surface area contributed by atoms with Gasteiger partial charge in [-0.25, -0.2) is 9.98 Å². The number of rotatable bonds is 5. The first-order valence-electron chi connectivity index (χ1n) is 5.42. The molecule has 0 aliphatic rings. The number of hydrogen-bond donors (Lipinski definition) is 0. The topological polar surface area (TPSA) is 24.7 Å². The molecular formula is C14H19ClN2. The molecule has 2 nitrogen and oxygen atoms in total. The highest BCUT2D eigenvalue weighted by molar-refractivity contribution is 6.31.